The molecule has 6 heteroatoms. The average molecular weight is 369 g/mol. The molecule has 0 fully saturated rings. The van der Waals surface area contributed by atoms with Crippen molar-refractivity contribution in [1.29, 1.82) is 0 Å². The number of anilines is 1. The Labute approximate surface area is 159 Å². The number of carbonyl (C=O) groups excluding carboxylic acids is 2. The number of hydrogen-bond donors (Lipinski definition) is 3. The fraction of sp³-hybridized carbons (Fsp3) is 0.250. The average Bonchev–Trinajstić information content (AvgIpc) is 2.62. The third-order valence-electron chi connectivity index (χ3n) is 3.82. The standard InChI is InChI=1S/C20H23N3O2S/c1-3-12-21-19(25)16-10-6-7-11-17(16)22-20(26)23-18(24)13-15-9-5-4-8-14(15)2/h4-11H,3,12-13H2,1-2H3,(H,21,25)(H2,22,23,24,26). The van der Waals surface area contributed by atoms with Crippen LogP contribution < -0.4 is 16.0 Å². The van der Waals surface area contributed by atoms with Gasteiger partial charge in [-0.3, -0.25) is 9.59 Å². The second-order valence-electron chi connectivity index (χ2n) is 5.91. The van der Waals surface area contributed by atoms with Crippen LogP contribution in [0, 0.1) is 6.92 Å². The van der Waals surface area contributed by atoms with E-state index in [9.17, 15) is 9.59 Å². The summed E-state index contributed by atoms with van der Waals surface area (Å²) in [5, 5.41) is 8.60. The zero-order chi connectivity index (χ0) is 18.9. The van der Waals surface area contributed by atoms with Gasteiger partial charge in [0.1, 0.15) is 0 Å². The summed E-state index contributed by atoms with van der Waals surface area (Å²) in [6.45, 7) is 4.55. The molecule has 0 saturated heterocycles. The van der Waals surface area contributed by atoms with Crippen LogP contribution in [0.25, 0.3) is 0 Å². The quantitative estimate of drug-likeness (QED) is 0.684. The highest BCUT2D eigenvalue weighted by molar-refractivity contribution is 7.80. The highest BCUT2D eigenvalue weighted by Gasteiger charge is 2.13. The third-order valence-corrected chi connectivity index (χ3v) is 4.02. The van der Waals surface area contributed by atoms with Gasteiger partial charge in [0.25, 0.3) is 5.91 Å². The summed E-state index contributed by atoms with van der Waals surface area (Å²) in [5.74, 6) is -0.381. The maximum absolute atomic E-state index is 12.2. The van der Waals surface area contributed by atoms with Gasteiger partial charge in [-0.25, -0.2) is 0 Å². The summed E-state index contributed by atoms with van der Waals surface area (Å²) in [4.78, 5) is 24.4. The van der Waals surface area contributed by atoms with E-state index in [0.29, 0.717) is 17.8 Å². The van der Waals surface area contributed by atoms with E-state index in [4.69, 9.17) is 12.2 Å². The Morgan fingerprint density at radius 1 is 1.04 bits per heavy atom. The van der Waals surface area contributed by atoms with Crippen molar-refractivity contribution in [2.45, 2.75) is 26.7 Å². The number of benzene rings is 2. The smallest absolute Gasteiger partial charge is 0.253 e. The Morgan fingerprint density at radius 3 is 2.46 bits per heavy atom. The number of amides is 2. The van der Waals surface area contributed by atoms with Gasteiger partial charge in [-0.1, -0.05) is 43.3 Å². The molecule has 2 amide bonds. The first-order valence-corrected chi connectivity index (χ1v) is 8.94. The van der Waals surface area contributed by atoms with Crippen LogP contribution in [-0.4, -0.2) is 23.5 Å². The van der Waals surface area contributed by atoms with Gasteiger partial charge in [0, 0.05) is 6.54 Å². The van der Waals surface area contributed by atoms with Gasteiger partial charge in [0.05, 0.1) is 17.7 Å². The van der Waals surface area contributed by atoms with E-state index in [1.54, 1.807) is 24.3 Å². The van der Waals surface area contributed by atoms with Gasteiger partial charge in [-0.15, -0.1) is 0 Å². The van der Waals surface area contributed by atoms with Crippen molar-refractivity contribution in [2.24, 2.45) is 0 Å². The highest BCUT2D eigenvalue weighted by atomic mass is 32.1. The summed E-state index contributed by atoms with van der Waals surface area (Å²) < 4.78 is 0. The molecule has 0 bridgehead atoms. The molecule has 0 heterocycles. The van der Waals surface area contributed by atoms with Crippen molar-refractivity contribution in [2.75, 3.05) is 11.9 Å². The predicted octanol–water partition coefficient (Wildman–Crippen LogP) is 3.19. The van der Waals surface area contributed by atoms with Crippen molar-refractivity contribution >= 4 is 34.8 Å². The van der Waals surface area contributed by atoms with E-state index in [1.807, 2.05) is 38.1 Å². The number of para-hydroxylation sites is 1. The van der Waals surface area contributed by atoms with E-state index < -0.39 is 0 Å². The van der Waals surface area contributed by atoms with Crippen molar-refractivity contribution in [3.05, 3.63) is 65.2 Å². The summed E-state index contributed by atoms with van der Waals surface area (Å²) in [6, 6.07) is 14.8. The van der Waals surface area contributed by atoms with Crippen LogP contribution in [0.3, 0.4) is 0 Å². The Hall–Kier alpha value is -2.73. The van der Waals surface area contributed by atoms with Gasteiger partial charge >= 0.3 is 0 Å². The minimum atomic E-state index is -0.204. The van der Waals surface area contributed by atoms with Crippen molar-refractivity contribution in [1.82, 2.24) is 10.6 Å². The van der Waals surface area contributed by atoms with Crippen LogP contribution in [0.5, 0.6) is 0 Å². The van der Waals surface area contributed by atoms with Crippen molar-refractivity contribution in [3.63, 3.8) is 0 Å². The number of rotatable bonds is 6. The zero-order valence-corrected chi connectivity index (χ0v) is 15.8. The topological polar surface area (TPSA) is 70.2 Å². The lowest BCUT2D eigenvalue weighted by atomic mass is 10.1. The zero-order valence-electron chi connectivity index (χ0n) is 15.0. The van der Waals surface area contributed by atoms with Crippen LogP contribution in [0.1, 0.15) is 34.8 Å². The SMILES string of the molecule is CCCNC(=O)c1ccccc1NC(=S)NC(=O)Cc1ccccc1C. The lowest BCUT2D eigenvalue weighted by Gasteiger charge is -2.13. The van der Waals surface area contributed by atoms with Gasteiger partial charge in [0.15, 0.2) is 5.11 Å². The minimum absolute atomic E-state index is 0.166. The summed E-state index contributed by atoms with van der Waals surface area (Å²) in [7, 11) is 0. The summed E-state index contributed by atoms with van der Waals surface area (Å²) >= 11 is 5.22. The molecule has 136 valence electrons. The fourth-order valence-corrected chi connectivity index (χ4v) is 2.65. The molecular weight excluding hydrogens is 346 g/mol. The summed E-state index contributed by atoms with van der Waals surface area (Å²) in [6.07, 6.45) is 1.10. The Morgan fingerprint density at radius 2 is 1.73 bits per heavy atom. The van der Waals surface area contributed by atoms with Crippen LogP contribution in [0.2, 0.25) is 0 Å². The predicted molar refractivity (Wildman–Crippen MR) is 108 cm³/mol. The molecule has 0 spiro atoms. The second kappa shape index (κ2) is 9.68. The fourth-order valence-electron chi connectivity index (χ4n) is 2.43. The minimum Gasteiger partial charge on any atom is -0.352 e. The molecule has 0 aliphatic heterocycles. The second-order valence-corrected chi connectivity index (χ2v) is 6.32. The normalized spacial score (nSPS) is 10.1. The van der Waals surface area contributed by atoms with E-state index in [0.717, 1.165) is 17.5 Å². The number of thiocarbonyl (C=S) groups is 1. The molecule has 0 unspecified atom stereocenters. The Kier molecular flexibility index (Phi) is 7.29. The van der Waals surface area contributed by atoms with E-state index in [-0.39, 0.29) is 23.3 Å². The molecule has 5 nitrogen and oxygen atoms in total. The Balaban J connectivity index is 1.98. The third kappa shape index (κ3) is 5.67. The molecule has 0 radical (unpaired) electrons. The van der Waals surface area contributed by atoms with Gasteiger partial charge in [0.2, 0.25) is 5.91 Å². The first kappa shape index (κ1) is 19.6. The molecule has 0 atom stereocenters. The number of nitrogens with one attached hydrogen (secondary N) is 3. The molecule has 2 aromatic carbocycles. The van der Waals surface area contributed by atoms with Crippen LogP contribution in [0.15, 0.2) is 48.5 Å². The van der Waals surface area contributed by atoms with Gasteiger partial charge < -0.3 is 16.0 Å². The molecule has 0 saturated carbocycles. The maximum Gasteiger partial charge on any atom is 0.253 e. The summed E-state index contributed by atoms with van der Waals surface area (Å²) in [5.41, 5.74) is 3.05. The maximum atomic E-state index is 12.2. The molecule has 0 aliphatic carbocycles. The van der Waals surface area contributed by atoms with Crippen LogP contribution in [-0.2, 0) is 11.2 Å². The first-order chi connectivity index (χ1) is 12.5. The van der Waals surface area contributed by atoms with Crippen LogP contribution >= 0.6 is 12.2 Å². The largest absolute Gasteiger partial charge is 0.352 e. The first-order valence-electron chi connectivity index (χ1n) is 8.53. The van der Waals surface area contributed by atoms with Gasteiger partial charge in [-0.05, 0) is 48.8 Å². The number of hydrogen-bond acceptors (Lipinski definition) is 3. The Bertz CT molecular complexity index is 805. The molecule has 2 rings (SSSR count). The van der Waals surface area contributed by atoms with Crippen LogP contribution in [0.4, 0.5) is 5.69 Å². The molecule has 3 N–H and O–H groups in total. The molecule has 0 aliphatic rings. The number of carbonyl (C=O) groups is 2. The lowest BCUT2D eigenvalue weighted by molar-refractivity contribution is -0.119. The molecule has 2 aromatic rings. The van der Waals surface area contributed by atoms with E-state index in [2.05, 4.69) is 16.0 Å². The van der Waals surface area contributed by atoms with Crippen molar-refractivity contribution in [3.8, 4) is 0 Å². The molecule has 0 aromatic heterocycles. The number of aryl methyl sites for hydroxylation is 1. The van der Waals surface area contributed by atoms with Crippen molar-refractivity contribution < 1.29 is 9.59 Å². The monoisotopic (exact) mass is 369 g/mol. The van der Waals surface area contributed by atoms with E-state index in [1.165, 1.54) is 0 Å². The van der Waals surface area contributed by atoms with E-state index >= 15 is 0 Å². The van der Waals surface area contributed by atoms with Gasteiger partial charge in [-0.2, -0.15) is 0 Å². The molecule has 26 heavy (non-hydrogen) atoms. The lowest BCUT2D eigenvalue weighted by Crippen LogP contribution is -2.36. The molecular formula is C20H23N3O2S. The highest BCUT2D eigenvalue weighted by Crippen LogP contribution is 2.15.